The van der Waals surface area contributed by atoms with Gasteiger partial charge in [-0.3, -0.25) is 4.79 Å². The quantitative estimate of drug-likeness (QED) is 0.0228. The van der Waals surface area contributed by atoms with Gasteiger partial charge in [-0.1, -0.05) is 105 Å². The van der Waals surface area contributed by atoms with Gasteiger partial charge in [0.2, 0.25) is 0 Å². The summed E-state index contributed by atoms with van der Waals surface area (Å²) in [6, 6.07) is 59.3. The number of halogens is 4. The zero-order valence-electron chi connectivity index (χ0n) is 61.2. The molecule has 0 aliphatic carbocycles. The van der Waals surface area contributed by atoms with Crippen LogP contribution in [0.3, 0.4) is 0 Å². The normalized spacial score (nSPS) is 12.1. The average molecular weight is 2210 g/mol. The number of pyridine rings is 3. The molecule has 108 heavy (non-hydrogen) atoms. The first-order valence-corrected chi connectivity index (χ1v) is 90.9. The van der Waals surface area contributed by atoms with Crippen LogP contribution in [0, 0.1) is 60.1 Å². The molecule has 0 saturated heterocycles. The first-order valence-electron chi connectivity index (χ1n) is 33.3. The number of rotatable bonds is 28. The Morgan fingerprint density at radius 3 is 1.02 bits per heavy atom. The number of benzene rings is 5. The second kappa shape index (κ2) is 54.0. The molecule has 579 valence electrons. The number of aryl methyl sites for hydroxylation is 11. The summed E-state index contributed by atoms with van der Waals surface area (Å²) in [7, 11) is 47.2. The summed E-state index contributed by atoms with van der Waals surface area (Å²) >= 11 is 4.74. The second-order valence-electron chi connectivity index (χ2n) is 24.6. The van der Waals surface area contributed by atoms with Crippen molar-refractivity contribution in [2.45, 2.75) is 99.8 Å². The van der Waals surface area contributed by atoms with E-state index in [4.69, 9.17) is 15.7 Å². The van der Waals surface area contributed by atoms with Crippen LogP contribution >= 0.6 is 257 Å². The van der Waals surface area contributed by atoms with E-state index in [-0.39, 0.29) is 95.5 Å². The molecule has 0 aliphatic rings. The first-order chi connectivity index (χ1) is 51.4. The molecule has 17 atom stereocenters. The molecule has 10 aromatic rings. The summed E-state index contributed by atoms with van der Waals surface area (Å²) in [5.41, 5.74) is 25.5. The van der Waals surface area contributed by atoms with Crippen LogP contribution in [0.4, 0.5) is 14.6 Å². The zero-order chi connectivity index (χ0) is 79.5. The molecule has 5 aromatic heterocycles. The van der Waals surface area contributed by atoms with Crippen molar-refractivity contribution in [2.75, 3.05) is 5.73 Å². The summed E-state index contributed by atoms with van der Waals surface area (Å²) in [5.74, 6) is 2.14. The molecule has 0 saturated carbocycles. The van der Waals surface area contributed by atoms with Gasteiger partial charge in [0.15, 0.2) is 0 Å². The Labute approximate surface area is 719 Å². The van der Waals surface area contributed by atoms with Crippen molar-refractivity contribution >= 4 is 269 Å². The SMILES string of the molecule is Cc1cc(-c2ccc(C=O)cc2)nc(-n2c(C)ccc2C)c1.Cc1cc(-c2ccc(CCCCc3cccc(F)c3)cc2)nc(-n2c(C)ccc2C)c1.Cc1cc(N)nc(-c2ccc(CCCCc3cccc(F)c3)cc2)c1.PPP(P)P(P(P(P)P)P(P)P)P(P(P(P)P)P(P)P)P(P(P)P)P(P)P.[I][V][I]. The molecule has 0 amide bonds. The molecule has 0 spiro atoms. The van der Waals surface area contributed by atoms with Crippen molar-refractivity contribution in [3.8, 4) is 45.4 Å². The second-order valence-corrected chi connectivity index (χ2v) is 143. The fraction of sp³-hybridized carbons (Fsp3) is 0.217. The zero-order valence-corrected chi connectivity index (χ0v) is 94.8. The van der Waals surface area contributed by atoms with Crippen LogP contribution < -0.4 is 5.73 Å². The number of aldehydes is 1. The van der Waals surface area contributed by atoms with Gasteiger partial charge in [-0.15, -0.1) is 125 Å². The number of unbranched alkanes of at least 4 members (excludes halogenated alkanes) is 2. The van der Waals surface area contributed by atoms with Gasteiger partial charge >= 0.3 is 49.4 Å². The fourth-order valence-corrected chi connectivity index (χ4v) is 355. The van der Waals surface area contributed by atoms with Crippen LogP contribution in [-0.2, 0) is 35.1 Å². The van der Waals surface area contributed by atoms with Crippen LogP contribution in [0.5, 0.6) is 0 Å². The van der Waals surface area contributed by atoms with E-state index in [9.17, 15) is 13.6 Å². The molecule has 5 aromatic carbocycles. The molecular weight excluding hydrogens is 2110 g/mol. The van der Waals surface area contributed by atoms with E-state index in [2.05, 4.69) is 318 Å². The third-order valence-electron chi connectivity index (χ3n) is 16.1. The molecule has 17 unspecified atom stereocenters. The maximum atomic E-state index is 13.3. The number of nitrogens with two attached hydrogens (primary N) is 1. The van der Waals surface area contributed by atoms with E-state index in [1.807, 2.05) is 55.5 Å². The van der Waals surface area contributed by atoms with Crippen LogP contribution in [0.1, 0.15) is 97.8 Å². The van der Waals surface area contributed by atoms with Crippen LogP contribution in [0.2, 0.25) is 0 Å². The number of carbonyl (C=O) groups excluding carboxylic acids is 1. The van der Waals surface area contributed by atoms with Gasteiger partial charge in [0.25, 0.3) is 0 Å². The molecule has 0 bridgehead atoms. The number of aromatic nitrogens is 5. The van der Waals surface area contributed by atoms with Crippen molar-refractivity contribution in [2.24, 2.45) is 0 Å². The maximum absolute atomic E-state index is 13.3. The van der Waals surface area contributed by atoms with Crippen LogP contribution in [0.15, 0.2) is 182 Å². The van der Waals surface area contributed by atoms with Crippen molar-refractivity contribution in [3.63, 3.8) is 0 Å². The number of carbonyl (C=O) groups is 1. The van der Waals surface area contributed by atoms with E-state index in [0.717, 1.165) is 145 Å². The van der Waals surface area contributed by atoms with E-state index >= 15 is 0 Å². The third-order valence-corrected chi connectivity index (χ3v) is 192. The third kappa shape index (κ3) is 34.0. The van der Waals surface area contributed by atoms with E-state index in [1.165, 1.54) is 40.2 Å². The summed E-state index contributed by atoms with van der Waals surface area (Å²) in [4.78, 5) is 24.9. The van der Waals surface area contributed by atoms with Gasteiger partial charge in [-0.2, -0.15) is 0 Å². The molecule has 0 aliphatic heterocycles. The van der Waals surface area contributed by atoms with Crippen molar-refractivity contribution in [1.82, 2.24) is 24.1 Å². The van der Waals surface area contributed by atoms with Gasteiger partial charge < -0.3 is 14.9 Å². The number of hydrogen-bond donors (Lipinski definition) is 1. The fourth-order valence-electron chi connectivity index (χ4n) is 11.3. The minimum atomic E-state index is -0.154. The summed E-state index contributed by atoms with van der Waals surface area (Å²) in [6.45, 7) is 15.0. The number of hydrogen-bond acceptors (Lipinski definition) is 5. The first kappa shape index (κ1) is 102. The molecule has 0 radical (unpaired) electrons. The van der Waals surface area contributed by atoms with Crippen molar-refractivity contribution in [1.29, 1.82) is 0 Å². The molecule has 7 nitrogen and oxygen atoms in total. The number of anilines is 1. The molecule has 0 fully saturated rings. The van der Waals surface area contributed by atoms with Crippen molar-refractivity contribution in [3.05, 3.63) is 261 Å². The summed E-state index contributed by atoms with van der Waals surface area (Å²) in [6.07, 6.45) is 9.05. The van der Waals surface area contributed by atoms with E-state index in [1.54, 1.807) is 24.3 Å². The Morgan fingerprint density at radius 2 is 0.713 bits per heavy atom. The predicted molar refractivity (Wildman–Crippen MR) is 572 cm³/mol. The Balaban J connectivity index is 0.000000224. The molecule has 2 N–H and O–H groups in total. The minimum absolute atomic E-state index is 0.0165. The number of nitrogens with zero attached hydrogens (tertiary/aromatic N) is 5. The van der Waals surface area contributed by atoms with Crippen LogP contribution in [-0.4, -0.2) is 30.4 Å². The van der Waals surface area contributed by atoms with Gasteiger partial charge in [-0.25, -0.2) is 23.7 Å². The van der Waals surface area contributed by atoms with Gasteiger partial charge in [0.05, 0.1) is 17.1 Å². The number of nitrogen functional groups attached to an aromatic ring is 1. The predicted octanol–water partition coefficient (Wildman–Crippen LogP) is 34.0. The van der Waals surface area contributed by atoms with Gasteiger partial charge in [0.1, 0.15) is 35.4 Å². The standard InChI is InChI=1S/C28H29FN2.C22H23FN2.C19H18N2O.2HI.H29P27.V/c1-20-17-27(30-28(18-20)31-21(2)11-12-22(31)3)25-15-13-23(14-16-25)7-4-5-8-24-9-6-10-26(29)19-24;1-16-13-21(25-22(24)14-16)19-11-9-17(10-12-19)5-2-3-6-18-7-4-8-20(23)15-18;1-13-10-18(17-8-6-16(12-22)7-9-17)20-19(11-13)21-14(2)4-5-15(21)3;;;1-15-22(14)26(23(16(2)3)17(4)5)27(24(18(6)7)19(8)9)25(20(10)11)21(12)13;/h6,9-19H,4-5,7-8H2,1-3H3;4,7-15H,2-3,5-6H2,1H3,(H2,24,25);4-12H,1-3H3;2*1H;15H,1-14H2;/q;;;;;;+2/p-2. The van der Waals surface area contributed by atoms with Crippen molar-refractivity contribution < 1.29 is 23.0 Å². The monoisotopic (exact) mass is 2210 g/mol. The average Bonchev–Trinajstić information content (AvgIpc) is 0.873. The Morgan fingerprint density at radius 1 is 0.407 bits per heavy atom. The summed E-state index contributed by atoms with van der Waals surface area (Å²) < 4.78 is 30.8. The van der Waals surface area contributed by atoms with E-state index in [0.29, 0.717) is 20.8 Å². The van der Waals surface area contributed by atoms with E-state index < -0.39 is 0 Å². The Bertz CT molecular complexity index is 4310. The van der Waals surface area contributed by atoms with Crippen LogP contribution in [0.25, 0.3) is 45.4 Å². The molecule has 5 heterocycles. The van der Waals surface area contributed by atoms with Gasteiger partial charge in [-0.05, 0) is 308 Å². The summed E-state index contributed by atoms with van der Waals surface area (Å²) in [5, 5.41) is 0. The Hall–Kier alpha value is 5.09. The topological polar surface area (TPSA) is 91.6 Å². The molecule has 10 rings (SSSR count). The molecule has 39 heteroatoms. The Kier molecular flexibility index (Phi) is 50.9. The molecular formula is C69H99F2I2N6OP27V. The van der Waals surface area contributed by atoms with Gasteiger partial charge in [0, 0.05) is 45.0 Å².